The molecule has 0 saturated carbocycles. The number of esters is 1. The third-order valence-corrected chi connectivity index (χ3v) is 11.7. The molecule has 0 atom stereocenters. The number of carbonyl (C=O) groups is 1. The van der Waals surface area contributed by atoms with Crippen molar-refractivity contribution in [1.29, 1.82) is 0 Å². The van der Waals surface area contributed by atoms with Gasteiger partial charge in [0.25, 0.3) is 0 Å². The minimum Gasteiger partial charge on any atom is -0.462 e. The zero-order valence-corrected chi connectivity index (χ0v) is 26.9. The van der Waals surface area contributed by atoms with Crippen LogP contribution in [0.2, 0.25) is 0 Å². The van der Waals surface area contributed by atoms with Crippen molar-refractivity contribution >= 4 is 41.9 Å². The Morgan fingerprint density at radius 1 is 0.810 bits per heavy atom. The van der Waals surface area contributed by atoms with Gasteiger partial charge in [-0.3, -0.25) is 0 Å². The number of carbonyl (C=O) groups excluding carboxylic acids is 1. The summed E-state index contributed by atoms with van der Waals surface area (Å²) in [6.07, 6.45) is 0.946. The van der Waals surface area contributed by atoms with Gasteiger partial charge in [-0.15, -0.1) is 0 Å². The van der Waals surface area contributed by atoms with Crippen LogP contribution in [-0.4, -0.2) is 62.2 Å². The van der Waals surface area contributed by atoms with Gasteiger partial charge < -0.3 is 4.74 Å². The number of halogens is 3. The van der Waals surface area contributed by atoms with E-state index in [2.05, 4.69) is 15.9 Å². The monoisotopic (exact) mass is 696 g/mol. The highest BCUT2D eigenvalue weighted by Crippen LogP contribution is 2.35. The SMILES string of the molecule is C.C.CC(C)(C)N1CCc2cc(F)c(Br)cc2S1(=O)=O.CCOC(=O)c1cc2c(cc1F)CCN(C(C)(C)C)S2(=O)=O. The minimum absolute atomic E-state index is 0. The number of nitrogens with zero attached hydrogens (tertiary/aromatic N) is 2. The van der Waals surface area contributed by atoms with Crippen LogP contribution in [0.1, 0.15) is 84.8 Å². The van der Waals surface area contributed by atoms with Gasteiger partial charge in [0.05, 0.1) is 26.4 Å². The molecule has 13 heteroatoms. The second kappa shape index (κ2) is 13.4. The van der Waals surface area contributed by atoms with E-state index < -0.39 is 48.7 Å². The summed E-state index contributed by atoms with van der Waals surface area (Å²) in [5.41, 5.74) is -0.464. The molecule has 2 aliphatic rings. The van der Waals surface area contributed by atoms with Crippen molar-refractivity contribution in [3.63, 3.8) is 0 Å². The molecule has 0 fully saturated rings. The second-order valence-corrected chi connectivity index (χ2v) is 16.0. The Kier molecular flexibility index (Phi) is 12.1. The summed E-state index contributed by atoms with van der Waals surface area (Å²) < 4.78 is 85.7. The van der Waals surface area contributed by atoms with E-state index in [0.717, 1.165) is 12.1 Å². The quantitative estimate of drug-likeness (QED) is 0.330. The topological polar surface area (TPSA) is 101 Å². The molecule has 0 saturated heterocycles. The van der Waals surface area contributed by atoms with E-state index in [0.29, 0.717) is 30.5 Å². The molecule has 2 aliphatic heterocycles. The molecule has 0 radical (unpaired) electrons. The zero-order chi connectivity index (χ0) is 30.4. The average Bonchev–Trinajstić information content (AvgIpc) is 2.78. The molecule has 4 rings (SSSR count). The maximum absolute atomic E-state index is 14.0. The van der Waals surface area contributed by atoms with Crippen molar-refractivity contribution in [2.45, 2.75) is 97.0 Å². The fourth-order valence-corrected chi connectivity index (χ4v) is 9.31. The lowest BCUT2D eigenvalue weighted by atomic mass is 10.1. The number of benzene rings is 2. The maximum atomic E-state index is 14.0. The number of hydrogen-bond acceptors (Lipinski definition) is 6. The summed E-state index contributed by atoms with van der Waals surface area (Å²) in [6.45, 7) is 13.3. The molecule has 0 unspecified atom stereocenters. The van der Waals surface area contributed by atoms with Crippen molar-refractivity contribution in [2.24, 2.45) is 0 Å². The fraction of sp³-hybridized carbons (Fsp3) is 0.552. The van der Waals surface area contributed by atoms with Gasteiger partial charge in [0.15, 0.2) is 0 Å². The fourth-order valence-electron chi connectivity index (χ4n) is 4.71. The third kappa shape index (κ3) is 7.58. The van der Waals surface area contributed by atoms with Crippen LogP contribution in [-0.2, 0) is 37.6 Å². The van der Waals surface area contributed by atoms with Gasteiger partial charge >= 0.3 is 5.97 Å². The first-order valence-electron chi connectivity index (χ1n) is 12.8. The van der Waals surface area contributed by atoms with Gasteiger partial charge in [-0.2, -0.15) is 8.61 Å². The molecule has 2 aromatic carbocycles. The van der Waals surface area contributed by atoms with E-state index >= 15 is 0 Å². The molecule has 0 aromatic heterocycles. The molecule has 0 spiro atoms. The Morgan fingerprint density at radius 3 is 1.62 bits per heavy atom. The molecular formula is C29H43BrF2N2O6S2. The smallest absolute Gasteiger partial charge is 0.341 e. The highest BCUT2D eigenvalue weighted by Gasteiger charge is 2.40. The highest BCUT2D eigenvalue weighted by molar-refractivity contribution is 9.10. The zero-order valence-electron chi connectivity index (χ0n) is 23.6. The second-order valence-electron chi connectivity index (χ2n) is 11.5. The van der Waals surface area contributed by atoms with Crippen molar-refractivity contribution in [2.75, 3.05) is 19.7 Å². The lowest BCUT2D eigenvalue weighted by Gasteiger charge is -2.38. The minimum atomic E-state index is -3.77. The Balaban J connectivity index is 0.000000408. The van der Waals surface area contributed by atoms with E-state index in [1.165, 1.54) is 20.7 Å². The number of ether oxygens (including phenoxy) is 1. The molecule has 0 amide bonds. The summed E-state index contributed by atoms with van der Waals surface area (Å²) in [6, 6.07) is 4.88. The van der Waals surface area contributed by atoms with Gasteiger partial charge in [-0.25, -0.2) is 30.4 Å². The third-order valence-electron chi connectivity index (χ3n) is 6.55. The maximum Gasteiger partial charge on any atom is 0.341 e. The molecule has 0 aliphatic carbocycles. The lowest BCUT2D eigenvalue weighted by Crippen LogP contribution is -2.49. The number of fused-ring (bicyclic) bond motifs is 2. The van der Waals surface area contributed by atoms with E-state index in [9.17, 15) is 30.4 Å². The van der Waals surface area contributed by atoms with Crippen molar-refractivity contribution in [3.05, 3.63) is 57.1 Å². The first-order valence-corrected chi connectivity index (χ1v) is 16.4. The average molecular weight is 698 g/mol. The van der Waals surface area contributed by atoms with Gasteiger partial charge in [0.2, 0.25) is 20.0 Å². The van der Waals surface area contributed by atoms with Crippen LogP contribution in [0.15, 0.2) is 38.5 Å². The number of hydrogen-bond donors (Lipinski definition) is 0. The molecule has 42 heavy (non-hydrogen) atoms. The molecule has 2 heterocycles. The van der Waals surface area contributed by atoms with E-state index in [4.69, 9.17) is 4.74 Å². The summed E-state index contributed by atoms with van der Waals surface area (Å²) in [5, 5.41) is 0. The Hall–Kier alpha value is -1.93. The summed E-state index contributed by atoms with van der Waals surface area (Å²) in [5.74, 6) is -2.03. The summed E-state index contributed by atoms with van der Waals surface area (Å²) >= 11 is 3.04. The van der Waals surface area contributed by atoms with Crippen molar-refractivity contribution < 1.29 is 35.1 Å². The first-order chi connectivity index (χ1) is 18.2. The molecule has 8 nitrogen and oxygen atoms in total. The summed E-state index contributed by atoms with van der Waals surface area (Å²) in [7, 11) is -7.31. The Morgan fingerprint density at radius 2 is 1.21 bits per heavy atom. The van der Waals surface area contributed by atoms with Gasteiger partial charge in [-0.05, 0) is 113 Å². The van der Waals surface area contributed by atoms with Crippen LogP contribution in [0.3, 0.4) is 0 Å². The van der Waals surface area contributed by atoms with Gasteiger partial charge in [0.1, 0.15) is 11.6 Å². The first kappa shape index (κ1) is 38.1. The van der Waals surface area contributed by atoms with Crippen LogP contribution < -0.4 is 0 Å². The Bertz CT molecular complexity index is 1530. The number of rotatable bonds is 2. The summed E-state index contributed by atoms with van der Waals surface area (Å²) in [4.78, 5) is 12.0. The highest BCUT2D eigenvalue weighted by atomic mass is 79.9. The van der Waals surface area contributed by atoms with Gasteiger partial charge in [-0.1, -0.05) is 14.9 Å². The van der Waals surface area contributed by atoms with Crippen molar-refractivity contribution in [3.8, 4) is 0 Å². The predicted octanol–water partition coefficient (Wildman–Crippen LogP) is 6.55. The normalized spacial score (nSPS) is 17.8. The lowest BCUT2D eigenvalue weighted by molar-refractivity contribution is 0.0520. The van der Waals surface area contributed by atoms with E-state index in [1.54, 1.807) is 27.7 Å². The number of sulfonamides is 2. The largest absolute Gasteiger partial charge is 0.462 e. The van der Waals surface area contributed by atoms with Crippen LogP contribution in [0.25, 0.3) is 0 Å². The Labute approximate surface area is 258 Å². The van der Waals surface area contributed by atoms with Crippen LogP contribution in [0, 0.1) is 11.6 Å². The van der Waals surface area contributed by atoms with E-state index in [-0.39, 0.29) is 47.8 Å². The van der Waals surface area contributed by atoms with Crippen LogP contribution in [0.4, 0.5) is 8.78 Å². The molecule has 0 N–H and O–H groups in total. The van der Waals surface area contributed by atoms with Gasteiger partial charge in [0, 0.05) is 24.2 Å². The molecule has 238 valence electrons. The molecule has 2 aromatic rings. The molecule has 0 bridgehead atoms. The van der Waals surface area contributed by atoms with E-state index in [1.807, 2.05) is 20.8 Å². The van der Waals surface area contributed by atoms with Crippen LogP contribution in [0.5, 0.6) is 0 Å². The van der Waals surface area contributed by atoms with Crippen molar-refractivity contribution in [1.82, 2.24) is 8.61 Å². The standard InChI is InChI=1S/C15H20FNO4S.C12H15BrFNO2S.2CH4/c1-5-21-14(18)11-9-13-10(8-12(11)16)6-7-17(15(2,3)4)22(13,19)20;1-12(2,3)15-5-4-8-6-10(14)9(13)7-11(8)18(15,16)17;;/h8-9H,5-7H2,1-4H3;6-7H,4-5H2,1-3H3;2*1H4. The molecular weight excluding hydrogens is 654 g/mol. The predicted molar refractivity (Wildman–Crippen MR) is 165 cm³/mol. The van der Waals surface area contributed by atoms with Crippen LogP contribution >= 0.6 is 15.9 Å².